The van der Waals surface area contributed by atoms with E-state index < -0.39 is 39.8 Å². The highest BCUT2D eigenvalue weighted by Crippen LogP contribution is 2.26. The molecule has 2 rings (SSSR count). The summed E-state index contributed by atoms with van der Waals surface area (Å²) in [6.45, 7) is 4.67. The zero-order chi connectivity index (χ0) is 22.4. The van der Waals surface area contributed by atoms with Gasteiger partial charge in [-0.25, -0.2) is 14.0 Å². The minimum absolute atomic E-state index is 0.0233. The molecule has 0 aliphatic carbocycles. The van der Waals surface area contributed by atoms with E-state index in [9.17, 15) is 28.9 Å². The van der Waals surface area contributed by atoms with E-state index in [-0.39, 0.29) is 35.6 Å². The third-order valence-corrected chi connectivity index (χ3v) is 3.91. The first kappa shape index (κ1) is 22.5. The normalized spacial score (nSPS) is 10.3. The number of anilines is 1. The molecule has 30 heavy (non-hydrogen) atoms. The van der Waals surface area contributed by atoms with Gasteiger partial charge in [0.15, 0.2) is 0 Å². The number of halogens is 1. The summed E-state index contributed by atoms with van der Waals surface area (Å²) in [5, 5.41) is 13.7. The van der Waals surface area contributed by atoms with Crippen LogP contribution < -0.4 is 5.32 Å². The highest BCUT2D eigenvalue weighted by molar-refractivity contribution is 6.08. The molecule has 0 saturated heterocycles. The molecule has 1 amide bonds. The number of ether oxygens (including phenoxy) is 2. The van der Waals surface area contributed by atoms with Crippen molar-refractivity contribution in [3.63, 3.8) is 0 Å². The van der Waals surface area contributed by atoms with Gasteiger partial charge in [0.2, 0.25) is 0 Å². The van der Waals surface area contributed by atoms with Crippen molar-refractivity contribution in [1.29, 1.82) is 0 Å². The molecule has 2 aromatic rings. The lowest BCUT2D eigenvalue weighted by atomic mass is 10.1. The van der Waals surface area contributed by atoms with Crippen LogP contribution in [0.1, 0.15) is 50.5 Å². The highest BCUT2D eigenvalue weighted by atomic mass is 19.1. The Balaban J connectivity index is 2.49. The Morgan fingerprint density at radius 1 is 1.00 bits per heavy atom. The molecule has 10 heteroatoms. The lowest BCUT2D eigenvalue weighted by Gasteiger charge is -2.11. The van der Waals surface area contributed by atoms with Crippen molar-refractivity contribution in [2.24, 2.45) is 0 Å². The summed E-state index contributed by atoms with van der Waals surface area (Å²) in [5.74, 6) is -3.30. The smallest absolute Gasteiger partial charge is 0.338 e. The van der Waals surface area contributed by atoms with Crippen LogP contribution in [0.5, 0.6) is 0 Å². The van der Waals surface area contributed by atoms with E-state index in [0.29, 0.717) is 0 Å². The van der Waals surface area contributed by atoms with Crippen LogP contribution in [0.15, 0.2) is 30.3 Å². The Morgan fingerprint density at radius 2 is 1.53 bits per heavy atom. The number of nitrogens with zero attached hydrogens (tertiary/aromatic N) is 1. The summed E-state index contributed by atoms with van der Waals surface area (Å²) < 4.78 is 23.6. The van der Waals surface area contributed by atoms with Crippen LogP contribution in [0.25, 0.3) is 0 Å². The molecule has 0 bridgehead atoms. The fourth-order valence-electron chi connectivity index (χ4n) is 2.71. The highest BCUT2D eigenvalue weighted by Gasteiger charge is 2.25. The number of aryl methyl sites for hydroxylation is 1. The summed E-state index contributed by atoms with van der Waals surface area (Å²) in [5.41, 5.74) is -1.19. The molecule has 0 heterocycles. The number of nitrogens with one attached hydrogen (secondary N) is 1. The average Bonchev–Trinajstić information content (AvgIpc) is 2.67. The van der Waals surface area contributed by atoms with Crippen LogP contribution >= 0.6 is 0 Å². The van der Waals surface area contributed by atoms with Gasteiger partial charge >= 0.3 is 11.9 Å². The van der Waals surface area contributed by atoms with Gasteiger partial charge in [0, 0.05) is 11.3 Å². The van der Waals surface area contributed by atoms with Crippen LogP contribution in [0.3, 0.4) is 0 Å². The predicted octanol–water partition coefficient (Wildman–Crippen LogP) is 3.65. The van der Waals surface area contributed by atoms with Crippen molar-refractivity contribution in [3.05, 3.63) is 68.5 Å². The van der Waals surface area contributed by atoms with E-state index in [2.05, 4.69) is 5.32 Å². The minimum Gasteiger partial charge on any atom is -0.462 e. The molecule has 0 unspecified atom stereocenters. The zero-order valence-corrected chi connectivity index (χ0v) is 16.5. The molecule has 0 aliphatic rings. The fraction of sp³-hybridized carbons (Fsp3) is 0.250. The van der Waals surface area contributed by atoms with Crippen molar-refractivity contribution in [2.45, 2.75) is 20.8 Å². The first-order valence-electron chi connectivity index (χ1n) is 8.93. The molecule has 0 atom stereocenters. The summed E-state index contributed by atoms with van der Waals surface area (Å²) in [7, 11) is 0. The van der Waals surface area contributed by atoms with Gasteiger partial charge in [0.05, 0.1) is 29.3 Å². The van der Waals surface area contributed by atoms with Crippen molar-refractivity contribution in [3.8, 4) is 0 Å². The Bertz CT molecular complexity index is 984. The number of nitro groups is 1. The molecule has 0 saturated carbocycles. The molecule has 0 aromatic heterocycles. The molecule has 0 radical (unpaired) electrons. The number of esters is 2. The summed E-state index contributed by atoms with van der Waals surface area (Å²) >= 11 is 0. The SMILES string of the molecule is CCOC(=O)c1cc(NC(=O)c2cc(F)cc(C)c2[N+](=O)[O-])cc(C(=O)OCC)c1. The maximum absolute atomic E-state index is 13.8. The second kappa shape index (κ2) is 9.59. The second-order valence-electron chi connectivity index (χ2n) is 6.07. The average molecular weight is 418 g/mol. The first-order valence-corrected chi connectivity index (χ1v) is 8.93. The standard InChI is InChI=1S/C20H19FN2O7/c1-4-29-19(25)12-7-13(20(26)30-5-2)9-15(8-12)22-18(24)16-10-14(21)6-11(3)17(16)23(27)28/h6-10H,4-5H2,1-3H3,(H,22,24). The van der Waals surface area contributed by atoms with Crippen LogP contribution in [0, 0.1) is 22.9 Å². The Hall–Kier alpha value is -3.82. The monoisotopic (exact) mass is 418 g/mol. The first-order chi connectivity index (χ1) is 14.2. The number of rotatable bonds is 7. The van der Waals surface area contributed by atoms with E-state index in [4.69, 9.17) is 9.47 Å². The number of carbonyl (C=O) groups is 3. The summed E-state index contributed by atoms with van der Waals surface area (Å²) in [4.78, 5) is 47.4. The Morgan fingerprint density at radius 3 is 2.00 bits per heavy atom. The van der Waals surface area contributed by atoms with Gasteiger partial charge in [-0.05, 0) is 51.1 Å². The minimum atomic E-state index is -0.986. The van der Waals surface area contributed by atoms with Gasteiger partial charge in [0.1, 0.15) is 11.4 Å². The maximum Gasteiger partial charge on any atom is 0.338 e. The zero-order valence-electron chi connectivity index (χ0n) is 16.5. The molecule has 0 aliphatic heterocycles. The van der Waals surface area contributed by atoms with E-state index in [0.717, 1.165) is 12.1 Å². The van der Waals surface area contributed by atoms with E-state index in [1.54, 1.807) is 13.8 Å². The van der Waals surface area contributed by atoms with Crippen molar-refractivity contribution >= 4 is 29.2 Å². The number of hydrogen-bond donors (Lipinski definition) is 1. The lowest BCUT2D eigenvalue weighted by Crippen LogP contribution is -2.17. The second-order valence-corrected chi connectivity index (χ2v) is 6.07. The molecule has 2 aromatic carbocycles. The largest absolute Gasteiger partial charge is 0.462 e. The van der Waals surface area contributed by atoms with Gasteiger partial charge in [-0.1, -0.05) is 0 Å². The number of hydrogen-bond acceptors (Lipinski definition) is 7. The van der Waals surface area contributed by atoms with Crippen molar-refractivity contribution in [1.82, 2.24) is 0 Å². The fourth-order valence-corrected chi connectivity index (χ4v) is 2.71. The number of nitro benzene ring substituents is 1. The third kappa shape index (κ3) is 5.16. The molecular weight excluding hydrogens is 399 g/mol. The number of benzene rings is 2. The van der Waals surface area contributed by atoms with Gasteiger partial charge in [-0.2, -0.15) is 0 Å². The summed E-state index contributed by atoms with van der Waals surface area (Å²) in [6, 6.07) is 5.38. The number of carbonyl (C=O) groups excluding carboxylic acids is 3. The molecule has 0 fully saturated rings. The molecule has 9 nitrogen and oxygen atoms in total. The molecule has 158 valence electrons. The molecule has 0 spiro atoms. The molecule has 1 N–H and O–H groups in total. The van der Waals surface area contributed by atoms with Crippen LogP contribution in [-0.2, 0) is 9.47 Å². The van der Waals surface area contributed by atoms with Gasteiger partial charge in [-0.3, -0.25) is 14.9 Å². The van der Waals surface area contributed by atoms with Crippen LogP contribution in [0.4, 0.5) is 15.8 Å². The van der Waals surface area contributed by atoms with Crippen LogP contribution in [0.2, 0.25) is 0 Å². The third-order valence-electron chi connectivity index (χ3n) is 3.91. The maximum atomic E-state index is 13.8. The van der Waals surface area contributed by atoms with E-state index in [1.807, 2.05) is 0 Å². The quantitative estimate of drug-likeness (QED) is 0.413. The number of amides is 1. The van der Waals surface area contributed by atoms with Crippen molar-refractivity contribution in [2.75, 3.05) is 18.5 Å². The van der Waals surface area contributed by atoms with Crippen molar-refractivity contribution < 1.29 is 33.2 Å². The summed E-state index contributed by atoms with van der Waals surface area (Å²) in [6.07, 6.45) is 0. The van der Waals surface area contributed by atoms with Gasteiger partial charge < -0.3 is 14.8 Å². The van der Waals surface area contributed by atoms with Gasteiger partial charge in [-0.15, -0.1) is 0 Å². The Kier molecular flexibility index (Phi) is 7.18. The van der Waals surface area contributed by atoms with Crippen LogP contribution in [-0.4, -0.2) is 36.0 Å². The van der Waals surface area contributed by atoms with Gasteiger partial charge in [0.25, 0.3) is 11.6 Å². The Labute approximate surface area is 170 Å². The predicted molar refractivity (Wildman–Crippen MR) is 104 cm³/mol. The van der Waals surface area contributed by atoms with E-state index >= 15 is 0 Å². The lowest BCUT2D eigenvalue weighted by molar-refractivity contribution is -0.385. The molecular formula is C20H19FN2O7. The van der Waals surface area contributed by atoms with E-state index in [1.165, 1.54) is 25.1 Å². The topological polar surface area (TPSA) is 125 Å².